The molecule has 0 unspecified atom stereocenters. The summed E-state index contributed by atoms with van der Waals surface area (Å²) in [6.45, 7) is 5.98. The fourth-order valence-electron chi connectivity index (χ4n) is 4.11. The minimum absolute atomic E-state index is 0.0129. The van der Waals surface area contributed by atoms with E-state index in [2.05, 4.69) is 39.5 Å². The Morgan fingerprint density at radius 2 is 2.12 bits per heavy atom. The lowest BCUT2D eigenvalue weighted by molar-refractivity contribution is 0.0610. The maximum Gasteiger partial charge on any atom is 0.276 e. The first-order chi connectivity index (χ1) is 12.7. The smallest absolute Gasteiger partial charge is 0.276 e. The first kappa shape index (κ1) is 17.2. The van der Waals surface area contributed by atoms with Crippen molar-refractivity contribution in [3.8, 4) is 0 Å². The molecule has 2 aromatic rings. The van der Waals surface area contributed by atoms with E-state index < -0.39 is 0 Å². The lowest BCUT2D eigenvalue weighted by Crippen LogP contribution is -2.48. The van der Waals surface area contributed by atoms with Crippen LogP contribution in [-0.4, -0.2) is 63.0 Å². The summed E-state index contributed by atoms with van der Waals surface area (Å²) in [5.41, 5.74) is 2.96. The number of hydrogen-bond acceptors (Lipinski definition) is 5. The van der Waals surface area contributed by atoms with E-state index in [0.29, 0.717) is 18.3 Å². The van der Waals surface area contributed by atoms with Crippen molar-refractivity contribution in [3.05, 3.63) is 47.3 Å². The van der Waals surface area contributed by atoms with Crippen molar-refractivity contribution in [2.24, 2.45) is 0 Å². The molecular weight excluding hydrogens is 330 g/mol. The van der Waals surface area contributed by atoms with Crippen LogP contribution in [0, 0.1) is 0 Å². The van der Waals surface area contributed by atoms with Crippen molar-refractivity contribution in [1.82, 2.24) is 24.8 Å². The number of aromatic nitrogens is 3. The minimum Gasteiger partial charge on any atom is -0.380 e. The van der Waals surface area contributed by atoms with Gasteiger partial charge in [-0.25, -0.2) is 0 Å². The van der Waals surface area contributed by atoms with Gasteiger partial charge in [0.2, 0.25) is 0 Å². The number of hydrogen-bond donors (Lipinski definition) is 0. The Morgan fingerprint density at radius 3 is 2.81 bits per heavy atom. The van der Waals surface area contributed by atoms with Crippen LogP contribution in [0.3, 0.4) is 0 Å². The standard InChI is InChI=1S/C19H25N5O2/c1-3-23-12-18(20-21-23)19(25)24-11-16-8-17(24)10-22(16)9-14-5-4-6-15(7-14)13-26-2/h4-7,12,16-17H,3,8-11,13H2,1-2H3/t16-,17-/m0/s1. The molecule has 2 saturated heterocycles. The molecule has 26 heavy (non-hydrogen) atoms. The van der Waals surface area contributed by atoms with Gasteiger partial charge in [-0.2, -0.15) is 0 Å². The molecule has 1 amide bonds. The summed E-state index contributed by atoms with van der Waals surface area (Å²) in [4.78, 5) is 17.2. The second kappa shape index (κ2) is 7.17. The van der Waals surface area contributed by atoms with E-state index in [1.165, 1.54) is 11.1 Å². The molecule has 1 aromatic heterocycles. The van der Waals surface area contributed by atoms with Crippen LogP contribution in [0.1, 0.15) is 35.0 Å². The maximum absolute atomic E-state index is 12.7. The third-order valence-corrected chi connectivity index (χ3v) is 5.38. The fourth-order valence-corrected chi connectivity index (χ4v) is 4.11. The zero-order valence-electron chi connectivity index (χ0n) is 15.3. The van der Waals surface area contributed by atoms with Gasteiger partial charge in [-0.3, -0.25) is 14.4 Å². The Morgan fingerprint density at radius 1 is 1.27 bits per heavy atom. The monoisotopic (exact) mass is 355 g/mol. The molecule has 7 nitrogen and oxygen atoms in total. The Bertz CT molecular complexity index is 790. The second-order valence-electron chi connectivity index (χ2n) is 7.14. The van der Waals surface area contributed by atoms with Gasteiger partial charge in [-0.05, 0) is 24.5 Å². The van der Waals surface area contributed by atoms with Gasteiger partial charge in [0.05, 0.1) is 12.8 Å². The van der Waals surface area contributed by atoms with Crippen molar-refractivity contribution < 1.29 is 9.53 Å². The molecule has 138 valence electrons. The number of methoxy groups -OCH3 is 1. The van der Waals surface area contributed by atoms with E-state index in [1.54, 1.807) is 18.0 Å². The van der Waals surface area contributed by atoms with Crippen LogP contribution in [0.2, 0.25) is 0 Å². The summed E-state index contributed by atoms with van der Waals surface area (Å²) in [6.07, 6.45) is 2.79. The molecule has 2 bridgehead atoms. The zero-order chi connectivity index (χ0) is 18.1. The summed E-state index contributed by atoms with van der Waals surface area (Å²) < 4.78 is 6.92. The second-order valence-corrected chi connectivity index (χ2v) is 7.14. The van der Waals surface area contributed by atoms with E-state index >= 15 is 0 Å². The highest BCUT2D eigenvalue weighted by molar-refractivity contribution is 5.92. The van der Waals surface area contributed by atoms with E-state index in [9.17, 15) is 4.79 Å². The van der Waals surface area contributed by atoms with Gasteiger partial charge in [-0.15, -0.1) is 5.10 Å². The average molecular weight is 355 g/mol. The molecular formula is C19H25N5O2. The van der Waals surface area contributed by atoms with Crippen molar-refractivity contribution in [2.75, 3.05) is 20.2 Å². The van der Waals surface area contributed by atoms with E-state index in [4.69, 9.17) is 4.74 Å². The van der Waals surface area contributed by atoms with Gasteiger partial charge in [0.15, 0.2) is 5.69 Å². The quantitative estimate of drug-likeness (QED) is 0.787. The summed E-state index contributed by atoms with van der Waals surface area (Å²) in [6, 6.07) is 9.26. The zero-order valence-corrected chi connectivity index (χ0v) is 15.3. The molecule has 0 radical (unpaired) electrons. The topological polar surface area (TPSA) is 63.5 Å². The first-order valence-corrected chi connectivity index (χ1v) is 9.20. The lowest BCUT2D eigenvalue weighted by Gasteiger charge is -2.33. The molecule has 2 aliphatic rings. The van der Waals surface area contributed by atoms with Crippen molar-refractivity contribution in [1.29, 1.82) is 0 Å². The van der Waals surface area contributed by atoms with E-state index in [1.807, 2.05) is 11.8 Å². The van der Waals surface area contributed by atoms with Gasteiger partial charge in [0.25, 0.3) is 5.91 Å². The summed E-state index contributed by atoms with van der Waals surface area (Å²) in [5.74, 6) is 0.0129. The number of likely N-dealkylation sites (tertiary alicyclic amines) is 2. The van der Waals surface area contributed by atoms with E-state index in [-0.39, 0.29) is 11.9 Å². The van der Waals surface area contributed by atoms with E-state index in [0.717, 1.165) is 32.6 Å². The number of aryl methyl sites for hydroxylation is 1. The molecule has 3 heterocycles. The molecule has 7 heteroatoms. The van der Waals surface area contributed by atoms with Crippen LogP contribution in [0.25, 0.3) is 0 Å². The molecule has 2 aliphatic heterocycles. The van der Waals surface area contributed by atoms with Crippen LogP contribution >= 0.6 is 0 Å². The predicted octanol–water partition coefficient (Wildman–Crippen LogP) is 1.54. The van der Waals surface area contributed by atoms with Gasteiger partial charge < -0.3 is 9.64 Å². The number of fused-ring (bicyclic) bond motifs is 2. The van der Waals surface area contributed by atoms with Crippen LogP contribution in [0.5, 0.6) is 0 Å². The molecule has 2 atom stereocenters. The minimum atomic E-state index is 0.0129. The number of rotatable bonds is 6. The number of ether oxygens (including phenoxy) is 1. The Labute approximate surface area is 153 Å². The molecule has 1 aromatic carbocycles. The number of amides is 1. The molecule has 0 spiro atoms. The average Bonchev–Trinajstić information content (AvgIpc) is 3.37. The first-order valence-electron chi connectivity index (χ1n) is 9.20. The Balaban J connectivity index is 1.39. The van der Waals surface area contributed by atoms with Crippen LogP contribution in [-0.2, 0) is 24.4 Å². The van der Waals surface area contributed by atoms with Gasteiger partial charge in [0.1, 0.15) is 0 Å². The highest BCUT2D eigenvalue weighted by Crippen LogP contribution is 2.32. The highest BCUT2D eigenvalue weighted by atomic mass is 16.5. The number of piperazine rings is 1. The predicted molar refractivity (Wildman–Crippen MR) is 96.5 cm³/mol. The van der Waals surface area contributed by atoms with Gasteiger partial charge >= 0.3 is 0 Å². The highest BCUT2D eigenvalue weighted by Gasteiger charge is 2.45. The molecule has 0 N–H and O–H groups in total. The summed E-state index contributed by atoms with van der Waals surface area (Å²) in [7, 11) is 1.72. The van der Waals surface area contributed by atoms with Crippen LogP contribution < -0.4 is 0 Å². The normalized spacial score (nSPS) is 22.3. The third kappa shape index (κ3) is 3.24. The van der Waals surface area contributed by atoms with Crippen molar-refractivity contribution in [3.63, 3.8) is 0 Å². The fraction of sp³-hybridized carbons (Fsp3) is 0.526. The largest absolute Gasteiger partial charge is 0.380 e. The SMILES string of the molecule is CCn1cc(C(=O)N2C[C@@H]3C[C@H]2CN3Cc2cccc(COC)c2)nn1. The Kier molecular flexibility index (Phi) is 4.74. The molecule has 4 rings (SSSR count). The van der Waals surface area contributed by atoms with Gasteiger partial charge in [0, 0.05) is 45.4 Å². The Hall–Kier alpha value is -2.25. The summed E-state index contributed by atoms with van der Waals surface area (Å²) in [5, 5.41) is 8.01. The third-order valence-electron chi connectivity index (χ3n) is 5.38. The molecule has 0 aliphatic carbocycles. The number of nitrogens with zero attached hydrogens (tertiary/aromatic N) is 5. The number of benzene rings is 1. The van der Waals surface area contributed by atoms with Crippen LogP contribution in [0.15, 0.2) is 30.5 Å². The lowest BCUT2D eigenvalue weighted by atomic mass is 10.1. The number of carbonyl (C=O) groups is 1. The molecule has 0 saturated carbocycles. The van der Waals surface area contributed by atoms with Crippen molar-refractivity contribution >= 4 is 5.91 Å². The van der Waals surface area contributed by atoms with Crippen molar-refractivity contribution in [2.45, 2.75) is 45.1 Å². The summed E-state index contributed by atoms with van der Waals surface area (Å²) >= 11 is 0. The number of carbonyl (C=O) groups excluding carboxylic acids is 1. The van der Waals surface area contributed by atoms with Gasteiger partial charge in [-0.1, -0.05) is 29.5 Å². The maximum atomic E-state index is 12.7. The van der Waals surface area contributed by atoms with Crippen LogP contribution in [0.4, 0.5) is 0 Å². The molecule has 2 fully saturated rings.